The van der Waals surface area contributed by atoms with Crippen molar-refractivity contribution < 1.29 is 13.9 Å². The Morgan fingerprint density at radius 1 is 1.15 bits per heavy atom. The van der Waals surface area contributed by atoms with Crippen molar-refractivity contribution in [1.82, 2.24) is 0 Å². The highest BCUT2D eigenvalue weighted by Gasteiger charge is 2.20. The molecule has 1 heterocycles. The number of Topliss-reactive ketones (excluding diaryl/α,β-unsaturated/α-hetero) is 1. The van der Waals surface area contributed by atoms with Gasteiger partial charge in [0, 0.05) is 11.6 Å². The summed E-state index contributed by atoms with van der Waals surface area (Å²) in [6, 6.07) is 14.3. The van der Waals surface area contributed by atoms with Gasteiger partial charge in [-0.25, -0.2) is 4.79 Å². The van der Waals surface area contributed by atoms with E-state index in [9.17, 15) is 9.59 Å². The minimum absolute atomic E-state index is 0.0883. The van der Waals surface area contributed by atoms with E-state index >= 15 is 0 Å². The number of hydrogen-bond donors (Lipinski definition) is 0. The molecule has 1 aromatic heterocycles. The van der Waals surface area contributed by atoms with Gasteiger partial charge in [-0.1, -0.05) is 43.7 Å². The van der Waals surface area contributed by atoms with Crippen LogP contribution in [0.15, 0.2) is 57.7 Å². The summed E-state index contributed by atoms with van der Waals surface area (Å²) in [7, 11) is 0. The van der Waals surface area contributed by atoms with Crippen LogP contribution in [-0.4, -0.2) is 11.9 Å². The van der Waals surface area contributed by atoms with Crippen LogP contribution in [0.25, 0.3) is 11.0 Å². The molecule has 26 heavy (non-hydrogen) atoms. The molecular formula is C22H22O4. The zero-order chi connectivity index (χ0) is 18.7. The van der Waals surface area contributed by atoms with E-state index in [2.05, 4.69) is 6.92 Å². The van der Waals surface area contributed by atoms with Gasteiger partial charge in [-0.2, -0.15) is 0 Å². The summed E-state index contributed by atoms with van der Waals surface area (Å²) in [5.41, 5.74) is 2.52. The molecule has 0 bridgehead atoms. The van der Waals surface area contributed by atoms with E-state index in [1.54, 1.807) is 19.1 Å². The van der Waals surface area contributed by atoms with E-state index in [1.165, 1.54) is 6.07 Å². The van der Waals surface area contributed by atoms with Crippen molar-refractivity contribution in [3.05, 3.63) is 75.6 Å². The molecule has 0 N–H and O–H groups in total. The van der Waals surface area contributed by atoms with Crippen molar-refractivity contribution in [2.24, 2.45) is 0 Å². The van der Waals surface area contributed by atoms with Crippen LogP contribution in [0.2, 0.25) is 0 Å². The van der Waals surface area contributed by atoms with E-state index in [1.807, 2.05) is 37.3 Å². The molecule has 134 valence electrons. The van der Waals surface area contributed by atoms with Gasteiger partial charge < -0.3 is 9.15 Å². The summed E-state index contributed by atoms with van der Waals surface area (Å²) < 4.78 is 11.4. The molecule has 0 saturated heterocycles. The lowest BCUT2D eigenvalue weighted by molar-refractivity contribution is 0.0820. The molecule has 0 amide bonds. The number of aryl methyl sites for hydroxylation is 2. The Labute approximate surface area is 152 Å². The standard InChI is InChI=1S/C22H22O4/c1-4-8-17-13-20(23)26-19-12-14(2)11-18(21(17)19)25-15(3)22(24)16-9-6-5-7-10-16/h5-7,9-13,15H,4,8H2,1-3H3. The fourth-order valence-corrected chi connectivity index (χ4v) is 3.11. The van der Waals surface area contributed by atoms with Crippen LogP contribution in [-0.2, 0) is 6.42 Å². The lowest BCUT2D eigenvalue weighted by atomic mass is 10.0. The smallest absolute Gasteiger partial charge is 0.336 e. The van der Waals surface area contributed by atoms with Crippen LogP contribution >= 0.6 is 0 Å². The zero-order valence-electron chi connectivity index (χ0n) is 15.2. The van der Waals surface area contributed by atoms with Crippen molar-refractivity contribution in [2.75, 3.05) is 0 Å². The van der Waals surface area contributed by atoms with Gasteiger partial charge in [0.05, 0.1) is 5.39 Å². The van der Waals surface area contributed by atoms with Crippen molar-refractivity contribution in [3.63, 3.8) is 0 Å². The first-order valence-corrected chi connectivity index (χ1v) is 8.83. The maximum atomic E-state index is 12.6. The first-order chi connectivity index (χ1) is 12.5. The summed E-state index contributed by atoms with van der Waals surface area (Å²) in [6.45, 7) is 5.70. The Morgan fingerprint density at radius 2 is 1.88 bits per heavy atom. The SMILES string of the molecule is CCCc1cc(=O)oc2cc(C)cc(OC(C)C(=O)c3ccccc3)c12. The van der Waals surface area contributed by atoms with Gasteiger partial charge in [-0.3, -0.25) is 4.79 Å². The second kappa shape index (κ2) is 7.56. The first kappa shape index (κ1) is 17.9. The van der Waals surface area contributed by atoms with Gasteiger partial charge in [0.15, 0.2) is 6.10 Å². The van der Waals surface area contributed by atoms with E-state index in [4.69, 9.17) is 9.15 Å². The van der Waals surface area contributed by atoms with Gasteiger partial charge in [-0.05, 0) is 43.5 Å². The average Bonchev–Trinajstić information content (AvgIpc) is 2.61. The Bertz CT molecular complexity index is 986. The molecule has 0 aliphatic rings. The quantitative estimate of drug-likeness (QED) is 0.477. The van der Waals surface area contributed by atoms with Crippen LogP contribution in [0.3, 0.4) is 0 Å². The molecule has 0 spiro atoms. The molecule has 4 heteroatoms. The molecule has 0 fully saturated rings. The number of carbonyl (C=O) groups is 1. The van der Waals surface area contributed by atoms with Crippen molar-refractivity contribution in [3.8, 4) is 5.75 Å². The molecule has 0 aliphatic carbocycles. The maximum absolute atomic E-state index is 12.6. The highest BCUT2D eigenvalue weighted by Crippen LogP contribution is 2.31. The number of carbonyl (C=O) groups excluding carboxylic acids is 1. The van der Waals surface area contributed by atoms with Gasteiger partial charge in [-0.15, -0.1) is 0 Å². The normalized spacial score (nSPS) is 12.1. The van der Waals surface area contributed by atoms with E-state index in [0.717, 1.165) is 29.4 Å². The Morgan fingerprint density at radius 3 is 2.58 bits per heavy atom. The second-order valence-electron chi connectivity index (χ2n) is 6.47. The van der Waals surface area contributed by atoms with E-state index < -0.39 is 6.10 Å². The van der Waals surface area contributed by atoms with Crippen LogP contribution in [0.4, 0.5) is 0 Å². The summed E-state index contributed by atoms with van der Waals surface area (Å²) in [6.07, 6.45) is 0.983. The number of rotatable bonds is 6. The van der Waals surface area contributed by atoms with Crippen molar-refractivity contribution in [1.29, 1.82) is 0 Å². The van der Waals surface area contributed by atoms with Crippen LogP contribution in [0, 0.1) is 6.92 Å². The number of hydrogen-bond acceptors (Lipinski definition) is 4. The lowest BCUT2D eigenvalue weighted by Crippen LogP contribution is -2.24. The zero-order valence-corrected chi connectivity index (χ0v) is 15.2. The van der Waals surface area contributed by atoms with Gasteiger partial charge in [0.1, 0.15) is 11.3 Å². The fourth-order valence-electron chi connectivity index (χ4n) is 3.11. The minimum Gasteiger partial charge on any atom is -0.482 e. The molecule has 3 rings (SSSR count). The number of fused-ring (bicyclic) bond motifs is 1. The minimum atomic E-state index is -0.649. The molecule has 1 unspecified atom stereocenters. The Balaban J connectivity index is 2.04. The highest BCUT2D eigenvalue weighted by molar-refractivity contribution is 5.99. The molecule has 0 saturated carbocycles. The molecule has 4 nitrogen and oxygen atoms in total. The molecule has 1 atom stereocenters. The monoisotopic (exact) mass is 350 g/mol. The average molecular weight is 350 g/mol. The number of ether oxygens (including phenoxy) is 1. The topological polar surface area (TPSA) is 56.5 Å². The predicted molar refractivity (Wildman–Crippen MR) is 102 cm³/mol. The van der Waals surface area contributed by atoms with Crippen LogP contribution < -0.4 is 10.4 Å². The Hall–Kier alpha value is -2.88. The van der Waals surface area contributed by atoms with Crippen molar-refractivity contribution in [2.45, 2.75) is 39.7 Å². The van der Waals surface area contributed by atoms with Crippen LogP contribution in [0.1, 0.15) is 41.8 Å². The molecule has 2 aromatic carbocycles. The second-order valence-corrected chi connectivity index (χ2v) is 6.47. The number of benzene rings is 2. The maximum Gasteiger partial charge on any atom is 0.336 e. The third-order valence-electron chi connectivity index (χ3n) is 4.28. The van der Waals surface area contributed by atoms with Gasteiger partial charge in [0.25, 0.3) is 0 Å². The molecule has 0 aliphatic heterocycles. The molecular weight excluding hydrogens is 328 g/mol. The highest BCUT2D eigenvalue weighted by atomic mass is 16.5. The summed E-state index contributed by atoms with van der Waals surface area (Å²) in [4.78, 5) is 24.5. The third-order valence-corrected chi connectivity index (χ3v) is 4.28. The molecule has 0 radical (unpaired) electrons. The molecule has 3 aromatic rings. The third kappa shape index (κ3) is 3.69. The van der Waals surface area contributed by atoms with Gasteiger partial charge >= 0.3 is 5.63 Å². The first-order valence-electron chi connectivity index (χ1n) is 8.83. The number of ketones is 1. The lowest BCUT2D eigenvalue weighted by Gasteiger charge is -2.17. The van der Waals surface area contributed by atoms with E-state index in [-0.39, 0.29) is 11.4 Å². The summed E-state index contributed by atoms with van der Waals surface area (Å²) >= 11 is 0. The fraction of sp³-hybridized carbons (Fsp3) is 0.273. The van der Waals surface area contributed by atoms with Crippen LogP contribution in [0.5, 0.6) is 5.75 Å². The Kier molecular flexibility index (Phi) is 5.21. The summed E-state index contributed by atoms with van der Waals surface area (Å²) in [5, 5.41) is 0.768. The van der Waals surface area contributed by atoms with E-state index in [0.29, 0.717) is 16.9 Å². The largest absolute Gasteiger partial charge is 0.482 e. The summed E-state index contributed by atoms with van der Waals surface area (Å²) in [5.74, 6) is 0.485. The predicted octanol–water partition coefficient (Wildman–Crippen LogP) is 4.70. The van der Waals surface area contributed by atoms with Crippen molar-refractivity contribution >= 4 is 16.8 Å². The van der Waals surface area contributed by atoms with Gasteiger partial charge in [0.2, 0.25) is 5.78 Å².